The highest BCUT2D eigenvalue weighted by Crippen LogP contribution is 2.41. The maximum Gasteiger partial charge on any atom is 0.353 e. The summed E-state index contributed by atoms with van der Waals surface area (Å²) in [6.45, 7) is 8.07. The number of hydrogen-bond donors (Lipinski definition) is 12. The highest BCUT2D eigenvalue weighted by atomic mass is 16.7. The zero-order valence-corrected chi connectivity index (χ0v) is 38.3. The highest BCUT2D eigenvalue weighted by molar-refractivity contribution is 5.82. The quantitative estimate of drug-likeness (QED) is 0.0409. The Morgan fingerprint density at radius 2 is 1.10 bits per heavy atom. The van der Waals surface area contributed by atoms with E-state index in [4.69, 9.17) is 36.2 Å². The molecule has 14 N–H and O–H groups in total. The average molecular weight is 951 g/mol. The molecule has 21 nitrogen and oxygen atoms in total. The number of methoxy groups -OCH3 is 2. The van der Waals surface area contributed by atoms with E-state index in [0.717, 1.165) is 34.7 Å². The fraction of sp³-hybridized carbons (Fsp3) is 0.404. The van der Waals surface area contributed by atoms with Gasteiger partial charge in [0, 0.05) is 51.6 Å². The maximum absolute atomic E-state index is 13.2. The number of carboxylic acids is 1. The minimum atomic E-state index is -1.32. The van der Waals surface area contributed by atoms with Gasteiger partial charge in [0.2, 0.25) is 11.8 Å². The molecule has 2 aliphatic heterocycles. The Kier molecular flexibility index (Phi) is 20.0. The van der Waals surface area contributed by atoms with Gasteiger partial charge in [-0.2, -0.15) is 0 Å². The first-order chi connectivity index (χ1) is 31.7. The van der Waals surface area contributed by atoms with Gasteiger partial charge in [-0.05, 0) is 110 Å². The highest BCUT2D eigenvalue weighted by Gasteiger charge is 2.39. The van der Waals surface area contributed by atoms with Gasteiger partial charge in [-0.15, -0.1) is 0 Å². The molecule has 4 aromatic rings. The number of nitrogens with two attached hydrogens (primary N) is 2. The van der Waals surface area contributed by atoms with Crippen molar-refractivity contribution in [2.75, 3.05) is 50.5 Å². The number of hydrogen-bond acceptors (Lipinski definition) is 18. The third-order valence-electron chi connectivity index (χ3n) is 11.4. The van der Waals surface area contributed by atoms with Crippen LogP contribution in [0.5, 0.6) is 34.5 Å². The maximum atomic E-state index is 13.2. The number of fused-ring (bicyclic) bond motifs is 2. The van der Waals surface area contributed by atoms with Crippen molar-refractivity contribution in [2.24, 2.45) is 11.7 Å². The summed E-state index contributed by atoms with van der Waals surface area (Å²) < 4.78 is 10.5. The Bertz CT molecular complexity index is 2370. The number of hydroxylamine groups is 2. The number of benzene rings is 4. The molecule has 0 aliphatic carbocycles. The fourth-order valence-corrected chi connectivity index (χ4v) is 7.41. The van der Waals surface area contributed by atoms with E-state index >= 15 is 0 Å². The lowest BCUT2D eigenvalue weighted by atomic mass is 9.93. The topological polar surface area (TPSA) is 324 Å². The average Bonchev–Trinajstić information content (AvgIpc) is 3.80. The largest absolute Gasteiger partial charge is 0.504 e. The molecule has 0 aromatic heterocycles. The van der Waals surface area contributed by atoms with Gasteiger partial charge in [-0.3, -0.25) is 36.3 Å². The molecule has 2 heterocycles. The van der Waals surface area contributed by atoms with E-state index in [1.807, 2.05) is 30.3 Å². The zero-order chi connectivity index (χ0) is 49.6. The fourth-order valence-electron chi connectivity index (χ4n) is 7.41. The molecular formula is C47H66N8O13. The number of carboxylic acid groups (broad SMARTS) is 1. The summed E-state index contributed by atoms with van der Waals surface area (Å²) in [7, 11) is 3.21. The van der Waals surface area contributed by atoms with E-state index < -0.39 is 23.0 Å². The molecule has 4 unspecified atom stereocenters. The van der Waals surface area contributed by atoms with Crippen molar-refractivity contribution in [1.29, 1.82) is 0 Å². The molecule has 2 amide bonds. The van der Waals surface area contributed by atoms with Gasteiger partial charge >= 0.3 is 11.9 Å². The summed E-state index contributed by atoms with van der Waals surface area (Å²) in [6.07, 6.45) is 1.67. The first kappa shape index (κ1) is 55.3. The summed E-state index contributed by atoms with van der Waals surface area (Å²) in [5.41, 5.74) is 6.85. The summed E-state index contributed by atoms with van der Waals surface area (Å²) in [4.78, 5) is 52.0. The van der Waals surface area contributed by atoms with Crippen molar-refractivity contribution in [3.8, 4) is 34.5 Å². The lowest BCUT2D eigenvalue weighted by Gasteiger charge is -2.29. The number of carbonyl (C=O) groups is 4. The van der Waals surface area contributed by atoms with Gasteiger partial charge in [0.1, 0.15) is 22.6 Å². The molecule has 21 heteroatoms. The van der Waals surface area contributed by atoms with Crippen molar-refractivity contribution in [3.63, 3.8) is 0 Å². The van der Waals surface area contributed by atoms with Crippen LogP contribution >= 0.6 is 0 Å². The molecular weight excluding hydrogens is 885 g/mol. The lowest BCUT2D eigenvalue weighted by molar-refractivity contribution is -0.152. The number of rotatable bonds is 17. The number of nitrogens with zero attached hydrogens (tertiary/aromatic N) is 2. The van der Waals surface area contributed by atoms with E-state index in [1.165, 1.54) is 61.2 Å². The number of anilines is 2. The summed E-state index contributed by atoms with van der Waals surface area (Å²) in [5.74, 6) is 9.68. The van der Waals surface area contributed by atoms with Crippen molar-refractivity contribution < 1.29 is 64.2 Å². The van der Waals surface area contributed by atoms with Crippen molar-refractivity contribution >= 4 is 35.1 Å². The Balaban J connectivity index is 0.000000295. The van der Waals surface area contributed by atoms with Gasteiger partial charge in [-0.25, -0.2) is 20.7 Å². The molecule has 0 bridgehead atoms. The first-order valence-corrected chi connectivity index (χ1v) is 21.2. The molecule has 0 saturated heterocycles. The molecule has 6 rings (SSSR count). The molecule has 0 radical (unpaired) electrons. The van der Waals surface area contributed by atoms with E-state index in [0.29, 0.717) is 49.5 Å². The molecule has 0 spiro atoms. The van der Waals surface area contributed by atoms with Crippen LogP contribution in [-0.2, 0) is 36.9 Å². The minimum Gasteiger partial charge on any atom is -0.504 e. The number of hydrazine groups is 2. The predicted octanol–water partition coefficient (Wildman–Crippen LogP) is 3.56. The summed E-state index contributed by atoms with van der Waals surface area (Å²) in [5, 5.41) is 64.8. The van der Waals surface area contributed by atoms with Crippen LogP contribution in [0, 0.1) is 0 Å². The third kappa shape index (κ3) is 14.5. The van der Waals surface area contributed by atoms with Crippen LogP contribution in [-0.4, -0.2) is 106 Å². The molecule has 4 atom stereocenters. The Hall–Kier alpha value is -7.04. The Labute approximate surface area is 395 Å². The molecule has 4 aromatic carbocycles. The second kappa shape index (κ2) is 24.6. The normalized spacial score (nSPS) is 16.1. The van der Waals surface area contributed by atoms with Gasteiger partial charge in [0.25, 0.3) is 0 Å². The van der Waals surface area contributed by atoms with Crippen LogP contribution in [0.15, 0.2) is 72.8 Å². The monoisotopic (exact) mass is 950 g/mol. The second-order valence-electron chi connectivity index (χ2n) is 16.6. The third-order valence-corrected chi connectivity index (χ3v) is 11.4. The SMILES string of the molecule is C.CC(Cc1ccc(O)c(O)c1)(NN)C(=O)O.COc1ccc2c(c1)C(CCNC(C)=O)CN2O.COc1ccc2c(c1)C(CCNC(C)=O)CN2OC(=O)C(C)(Cc1ccc(O)c(O)c1)NN. The molecule has 2 aliphatic rings. The molecule has 68 heavy (non-hydrogen) atoms. The van der Waals surface area contributed by atoms with Crippen LogP contribution in [0.3, 0.4) is 0 Å². The van der Waals surface area contributed by atoms with Gasteiger partial charge in [0.05, 0.1) is 38.7 Å². The number of phenols is 4. The van der Waals surface area contributed by atoms with Crippen LogP contribution < -0.4 is 52.8 Å². The Morgan fingerprint density at radius 3 is 1.53 bits per heavy atom. The number of ether oxygens (including phenoxy) is 2. The summed E-state index contributed by atoms with van der Waals surface area (Å²) in [6, 6.07) is 19.6. The van der Waals surface area contributed by atoms with E-state index in [-0.39, 0.29) is 66.9 Å². The molecule has 0 saturated carbocycles. The molecule has 0 fully saturated rings. The van der Waals surface area contributed by atoms with Gasteiger partial charge in [0.15, 0.2) is 23.0 Å². The second-order valence-corrected chi connectivity index (χ2v) is 16.6. The number of carbonyl (C=O) groups excluding carboxylic acids is 3. The standard InChI is InChI=1S/C23H30N4O6.C13H18N2O3.C10H14N2O4.CH4/c1-14(28)25-9-8-16-13-27(19-6-5-17(32-3)11-18(16)19)33-22(31)23(2,26-24)12-15-4-7-20(29)21(30)10-15;1-9(16)14-6-5-10-8-15(17)13-4-3-11(18-2)7-12(10)13;1-10(12-11,9(15)16)5-6-2-3-7(13)8(14)4-6;/h4-7,10-11,16,26,29-30H,8-9,12-13,24H2,1-3H3,(H,25,28);3-4,7,10,17H,5-6,8H2,1-2H3,(H,14,16);2-4,12-14H,5,11H2,1H3,(H,15,16);1H4. The van der Waals surface area contributed by atoms with E-state index in [1.54, 1.807) is 33.3 Å². The van der Waals surface area contributed by atoms with Gasteiger partial charge in [-0.1, -0.05) is 19.6 Å². The summed E-state index contributed by atoms with van der Waals surface area (Å²) >= 11 is 0. The zero-order valence-electron chi connectivity index (χ0n) is 38.3. The van der Waals surface area contributed by atoms with Crippen LogP contribution in [0.1, 0.15) is 82.1 Å². The number of aromatic hydroxyl groups is 4. The van der Waals surface area contributed by atoms with Crippen molar-refractivity contribution in [1.82, 2.24) is 21.5 Å². The van der Waals surface area contributed by atoms with E-state index in [2.05, 4.69) is 21.5 Å². The smallest absolute Gasteiger partial charge is 0.353 e. The van der Waals surface area contributed by atoms with Crippen LogP contribution in [0.4, 0.5) is 11.4 Å². The van der Waals surface area contributed by atoms with Crippen molar-refractivity contribution in [3.05, 3.63) is 95.1 Å². The predicted molar refractivity (Wildman–Crippen MR) is 253 cm³/mol. The number of phenolic OH excluding ortho intramolecular Hbond substituents is 4. The Morgan fingerprint density at radius 1 is 0.662 bits per heavy atom. The van der Waals surface area contributed by atoms with Crippen LogP contribution in [0.25, 0.3) is 0 Å². The molecule has 372 valence electrons. The van der Waals surface area contributed by atoms with Crippen LogP contribution in [0.2, 0.25) is 0 Å². The first-order valence-electron chi connectivity index (χ1n) is 21.2. The lowest BCUT2D eigenvalue weighted by Crippen LogP contribution is -2.56. The number of aliphatic carboxylic acids is 1. The number of amides is 2. The van der Waals surface area contributed by atoms with Crippen molar-refractivity contribution in [2.45, 2.75) is 83.7 Å². The van der Waals surface area contributed by atoms with Gasteiger partial charge < -0.3 is 50.5 Å². The number of nitrogens with one attached hydrogen (secondary N) is 4. The minimum absolute atomic E-state index is 0. The van der Waals surface area contributed by atoms with E-state index in [9.17, 15) is 39.7 Å².